The topological polar surface area (TPSA) is 9.23 Å². The van der Waals surface area contributed by atoms with Crippen molar-refractivity contribution in [2.75, 3.05) is 6.61 Å². The van der Waals surface area contributed by atoms with E-state index in [1.807, 2.05) is 0 Å². The molecule has 1 nitrogen and oxygen atoms in total. The van der Waals surface area contributed by atoms with Crippen LogP contribution in [0.15, 0.2) is 36.4 Å². The monoisotopic (exact) mass is 382 g/mol. The summed E-state index contributed by atoms with van der Waals surface area (Å²) in [5.41, 5.74) is 3.15. The van der Waals surface area contributed by atoms with Gasteiger partial charge in [0.25, 0.3) is 0 Å². The number of allylic oxidation sites excluding steroid dienone is 1. The summed E-state index contributed by atoms with van der Waals surface area (Å²) in [6.45, 7) is 9.93. The molecule has 28 heavy (non-hydrogen) atoms. The van der Waals surface area contributed by atoms with E-state index in [0.29, 0.717) is 5.92 Å². The van der Waals surface area contributed by atoms with Gasteiger partial charge in [-0.2, -0.15) is 0 Å². The van der Waals surface area contributed by atoms with E-state index in [1.54, 1.807) is 11.1 Å². The van der Waals surface area contributed by atoms with Gasteiger partial charge in [0.15, 0.2) is 0 Å². The van der Waals surface area contributed by atoms with Gasteiger partial charge in [-0.05, 0) is 86.2 Å². The average Bonchev–Trinajstić information content (AvgIpc) is 2.72. The van der Waals surface area contributed by atoms with Gasteiger partial charge in [0.1, 0.15) is 0 Å². The molecule has 0 aromatic heterocycles. The molecule has 0 spiro atoms. The van der Waals surface area contributed by atoms with Crippen LogP contribution in [0.4, 0.5) is 0 Å². The second-order valence-corrected chi connectivity index (χ2v) is 10.0. The lowest BCUT2D eigenvalue weighted by molar-refractivity contribution is 0.0540. The third-order valence-electron chi connectivity index (χ3n) is 7.10. The van der Waals surface area contributed by atoms with E-state index in [9.17, 15) is 0 Å². The highest BCUT2D eigenvalue weighted by Crippen LogP contribution is 2.38. The van der Waals surface area contributed by atoms with Gasteiger partial charge < -0.3 is 4.74 Å². The van der Waals surface area contributed by atoms with Crippen LogP contribution in [0.5, 0.6) is 0 Å². The standard InChI is InChI=1S/C27H42O/c1-20(2)5-8-22(4)28-19-23-9-13-25(14-10-23)27-17-15-26(16-18-27)24-11-6-21(3)7-12-24/h5,8,15-18,20-25H,6-7,9-14,19H2,1-4H3/b8-5-. The minimum atomic E-state index is 0.246. The molecule has 0 saturated heterocycles. The van der Waals surface area contributed by atoms with Crippen molar-refractivity contribution < 1.29 is 4.74 Å². The summed E-state index contributed by atoms with van der Waals surface area (Å²) in [7, 11) is 0. The molecule has 0 bridgehead atoms. The quantitative estimate of drug-likeness (QED) is 0.436. The number of ether oxygens (including phenoxy) is 1. The van der Waals surface area contributed by atoms with E-state index in [4.69, 9.17) is 4.74 Å². The van der Waals surface area contributed by atoms with Crippen LogP contribution >= 0.6 is 0 Å². The van der Waals surface area contributed by atoms with E-state index in [2.05, 4.69) is 64.1 Å². The number of hydrogen-bond donors (Lipinski definition) is 0. The van der Waals surface area contributed by atoms with Crippen molar-refractivity contribution in [1.29, 1.82) is 0 Å². The maximum atomic E-state index is 6.08. The lowest BCUT2D eigenvalue weighted by Crippen LogP contribution is -2.20. The zero-order chi connectivity index (χ0) is 19.9. The summed E-state index contributed by atoms with van der Waals surface area (Å²) in [5, 5.41) is 0. The van der Waals surface area contributed by atoms with E-state index >= 15 is 0 Å². The lowest BCUT2D eigenvalue weighted by atomic mass is 9.77. The predicted octanol–water partition coefficient (Wildman–Crippen LogP) is 7.87. The van der Waals surface area contributed by atoms with Crippen LogP contribution in [0.1, 0.15) is 102 Å². The van der Waals surface area contributed by atoms with Gasteiger partial charge in [0.2, 0.25) is 0 Å². The molecule has 2 saturated carbocycles. The van der Waals surface area contributed by atoms with Gasteiger partial charge in [-0.25, -0.2) is 0 Å². The Morgan fingerprint density at radius 2 is 1.29 bits per heavy atom. The molecule has 1 aromatic rings. The molecule has 2 fully saturated rings. The largest absolute Gasteiger partial charge is 0.374 e. The minimum absolute atomic E-state index is 0.246. The molecule has 0 radical (unpaired) electrons. The third kappa shape index (κ3) is 6.48. The van der Waals surface area contributed by atoms with Crippen molar-refractivity contribution in [3.63, 3.8) is 0 Å². The molecular formula is C27H42O. The van der Waals surface area contributed by atoms with Gasteiger partial charge in [-0.3, -0.25) is 0 Å². The minimum Gasteiger partial charge on any atom is -0.374 e. The van der Waals surface area contributed by atoms with Gasteiger partial charge in [0.05, 0.1) is 12.7 Å². The Bertz CT molecular complexity index is 583. The first-order chi connectivity index (χ1) is 13.5. The highest BCUT2D eigenvalue weighted by Gasteiger charge is 2.24. The Morgan fingerprint density at radius 1 is 0.786 bits per heavy atom. The van der Waals surface area contributed by atoms with Gasteiger partial charge in [-0.1, -0.05) is 70.0 Å². The van der Waals surface area contributed by atoms with Crippen molar-refractivity contribution in [2.45, 2.75) is 97.0 Å². The molecule has 2 aliphatic carbocycles. The summed E-state index contributed by atoms with van der Waals surface area (Å²) in [5.74, 6) is 3.85. The molecule has 0 amide bonds. The Labute approximate surface area is 174 Å². The normalized spacial score (nSPS) is 30.0. The van der Waals surface area contributed by atoms with E-state index in [0.717, 1.165) is 30.3 Å². The lowest BCUT2D eigenvalue weighted by Gasteiger charge is -2.30. The Kier molecular flexibility index (Phi) is 8.21. The van der Waals surface area contributed by atoms with Gasteiger partial charge >= 0.3 is 0 Å². The van der Waals surface area contributed by atoms with Crippen LogP contribution in [0, 0.1) is 17.8 Å². The number of rotatable bonds is 7. The molecule has 1 aromatic carbocycles. The zero-order valence-electron chi connectivity index (χ0n) is 18.7. The summed E-state index contributed by atoms with van der Waals surface area (Å²) < 4.78 is 6.08. The van der Waals surface area contributed by atoms with Crippen molar-refractivity contribution in [1.82, 2.24) is 0 Å². The second kappa shape index (κ2) is 10.6. The first-order valence-electron chi connectivity index (χ1n) is 11.9. The van der Waals surface area contributed by atoms with Crippen LogP contribution in [-0.4, -0.2) is 12.7 Å². The first kappa shape index (κ1) is 21.6. The number of benzene rings is 1. The summed E-state index contributed by atoms with van der Waals surface area (Å²) in [6, 6.07) is 9.75. The molecular weight excluding hydrogens is 340 g/mol. The van der Waals surface area contributed by atoms with Crippen LogP contribution in [0.25, 0.3) is 0 Å². The van der Waals surface area contributed by atoms with Crippen LogP contribution in [0.3, 0.4) is 0 Å². The third-order valence-corrected chi connectivity index (χ3v) is 7.10. The summed E-state index contributed by atoms with van der Waals surface area (Å²) in [4.78, 5) is 0. The molecule has 156 valence electrons. The molecule has 0 aliphatic heterocycles. The maximum Gasteiger partial charge on any atom is 0.0727 e. The molecule has 1 unspecified atom stereocenters. The van der Waals surface area contributed by atoms with E-state index in [-0.39, 0.29) is 6.10 Å². The van der Waals surface area contributed by atoms with E-state index < -0.39 is 0 Å². The zero-order valence-corrected chi connectivity index (χ0v) is 18.7. The summed E-state index contributed by atoms with van der Waals surface area (Å²) >= 11 is 0. The van der Waals surface area contributed by atoms with Gasteiger partial charge in [-0.15, -0.1) is 0 Å². The number of hydrogen-bond acceptors (Lipinski definition) is 1. The molecule has 1 atom stereocenters. The van der Waals surface area contributed by atoms with Crippen LogP contribution in [-0.2, 0) is 4.74 Å². The SMILES string of the molecule is CC(C)/C=C\C(C)OCC1CCC(c2ccc(C3CCC(C)CC3)cc2)CC1. The molecule has 3 rings (SSSR count). The van der Waals surface area contributed by atoms with Crippen molar-refractivity contribution in [3.05, 3.63) is 47.5 Å². The first-order valence-corrected chi connectivity index (χ1v) is 11.9. The second-order valence-electron chi connectivity index (χ2n) is 10.0. The maximum absolute atomic E-state index is 6.08. The molecule has 2 aliphatic rings. The molecule has 0 heterocycles. The smallest absolute Gasteiger partial charge is 0.0727 e. The summed E-state index contributed by atoms with van der Waals surface area (Å²) in [6.07, 6.45) is 15.6. The fourth-order valence-corrected chi connectivity index (χ4v) is 5.02. The Morgan fingerprint density at radius 3 is 1.79 bits per heavy atom. The van der Waals surface area contributed by atoms with Crippen molar-refractivity contribution >= 4 is 0 Å². The molecule has 0 N–H and O–H groups in total. The highest BCUT2D eigenvalue weighted by atomic mass is 16.5. The highest BCUT2D eigenvalue weighted by molar-refractivity contribution is 5.28. The fraction of sp³-hybridized carbons (Fsp3) is 0.704. The average molecular weight is 383 g/mol. The fourth-order valence-electron chi connectivity index (χ4n) is 5.02. The van der Waals surface area contributed by atoms with Gasteiger partial charge in [0, 0.05) is 0 Å². The van der Waals surface area contributed by atoms with Crippen molar-refractivity contribution in [2.24, 2.45) is 17.8 Å². The Hall–Kier alpha value is -1.08. The van der Waals surface area contributed by atoms with Crippen LogP contribution in [0.2, 0.25) is 0 Å². The van der Waals surface area contributed by atoms with E-state index in [1.165, 1.54) is 51.4 Å². The van der Waals surface area contributed by atoms with Crippen LogP contribution < -0.4 is 0 Å². The predicted molar refractivity (Wildman–Crippen MR) is 121 cm³/mol. The van der Waals surface area contributed by atoms with Crippen molar-refractivity contribution in [3.8, 4) is 0 Å². The molecule has 1 heteroatoms. The Balaban J connectivity index is 1.42.